The Bertz CT molecular complexity index is 316. The maximum absolute atomic E-state index is 13.1. The summed E-state index contributed by atoms with van der Waals surface area (Å²) < 4.78 is 18.0. The van der Waals surface area contributed by atoms with Gasteiger partial charge in [-0.3, -0.25) is 4.79 Å². The Balaban J connectivity index is 2.42. The molecule has 0 saturated carbocycles. The Morgan fingerprint density at radius 2 is 2.40 bits per heavy atom. The Morgan fingerprint density at radius 1 is 1.73 bits per heavy atom. The van der Waals surface area contributed by atoms with E-state index in [2.05, 4.69) is 5.32 Å². The molecule has 1 unspecified atom stereocenters. The van der Waals surface area contributed by atoms with Crippen molar-refractivity contribution in [1.82, 2.24) is 5.32 Å². The maximum atomic E-state index is 13.1. The predicted molar refractivity (Wildman–Crippen MR) is 51.9 cm³/mol. The molecule has 1 atom stereocenters. The lowest BCUT2D eigenvalue weighted by atomic mass is 10.1. The van der Waals surface area contributed by atoms with Crippen molar-refractivity contribution in [3.05, 3.63) is 24.2 Å². The summed E-state index contributed by atoms with van der Waals surface area (Å²) in [5.41, 5.74) is -1.94. The van der Waals surface area contributed by atoms with Gasteiger partial charge in [0.05, 0.1) is 12.8 Å². The van der Waals surface area contributed by atoms with Crippen LogP contribution < -0.4 is 5.32 Å². The fourth-order valence-corrected chi connectivity index (χ4v) is 0.981. The quantitative estimate of drug-likeness (QED) is 0.792. The van der Waals surface area contributed by atoms with Crippen LogP contribution in [0.3, 0.4) is 0 Å². The van der Waals surface area contributed by atoms with Crippen LogP contribution in [0.4, 0.5) is 4.39 Å². The second-order valence-electron chi connectivity index (χ2n) is 3.71. The van der Waals surface area contributed by atoms with E-state index in [0.717, 1.165) is 13.8 Å². The smallest absolute Gasteiger partial charge is 0.257 e. The van der Waals surface area contributed by atoms with Gasteiger partial charge in [-0.15, -0.1) is 0 Å². The van der Waals surface area contributed by atoms with Crippen LogP contribution in [-0.4, -0.2) is 23.2 Å². The number of hydrogen-bond donors (Lipinski definition) is 2. The van der Waals surface area contributed by atoms with Gasteiger partial charge in [0.25, 0.3) is 5.91 Å². The number of carbonyl (C=O) groups excluding carboxylic acids is 1. The minimum atomic E-state index is -1.94. The molecule has 0 aromatic carbocycles. The van der Waals surface area contributed by atoms with Gasteiger partial charge in [-0.05, 0) is 26.0 Å². The highest BCUT2D eigenvalue weighted by Crippen LogP contribution is 2.13. The molecule has 1 heterocycles. The molecule has 15 heavy (non-hydrogen) atoms. The van der Waals surface area contributed by atoms with Crippen molar-refractivity contribution in [2.75, 3.05) is 6.54 Å². The monoisotopic (exact) mass is 215 g/mol. The van der Waals surface area contributed by atoms with E-state index in [1.807, 2.05) is 0 Å². The number of rotatable bonds is 4. The fraction of sp³-hybridized carbons (Fsp3) is 0.500. The lowest BCUT2D eigenvalue weighted by Crippen LogP contribution is -2.40. The zero-order valence-corrected chi connectivity index (χ0v) is 8.66. The molecule has 0 spiro atoms. The standard InChI is InChI=1S/C10H14FNO3/c1-10(2,11)9(14)12-6-7(13)8-4-3-5-15-8/h3-5,7,13H,6H2,1-2H3,(H,12,14). The van der Waals surface area contributed by atoms with Crippen molar-refractivity contribution in [3.63, 3.8) is 0 Å². The first-order valence-corrected chi connectivity index (χ1v) is 4.60. The first-order chi connectivity index (χ1) is 6.91. The van der Waals surface area contributed by atoms with Crippen LogP contribution in [0.2, 0.25) is 0 Å². The molecule has 0 aliphatic carbocycles. The molecule has 1 aromatic rings. The summed E-state index contributed by atoms with van der Waals surface area (Å²) in [5.74, 6) is -0.417. The Labute approximate surface area is 87.1 Å². The Morgan fingerprint density at radius 3 is 2.87 bits per heavy atom. The van der Waals surface area contributed by atoms with Crippen LogP contribution in [-0.2, 0) is 4.79 Å². The highest BCUT2D eigenvalue weighted by atomic mass is 19.1. The van der Waals surface area contributed by atoms with Crippen molar-refractivity contribution < 1.29 is 18.7 Å². The van der Waals surface area contributed by atoms with Crippen LogP contribution in [0.1, 0.15) is 25.7 Å². The highest BCUT2D eigenvalue weighted by Gasteiger charge is 2.26. The van der Waals surface area contributed by atoms with Gasteiger partial charge in [-0.2, -0.15) is 0 Å². The van der Waals surface area contributed by atoms with Crippen LogP contribution in [0.5, 0.6) is 0 Å². The number of alkyl halides is 1. The average molecular weight is 215 g/mol. The molecule has 1 rings (SSSR count). The van der Waals surface area contributed by atoms with E-state index in [9.17, 15) is 14.3 Å². The lowest BCUT2D eigenvalue weighted by Gasteiger charge is -2.15. The van der Waals surface area contributed by atoms with Crippen LogP contribution in [0.15, 0.2) is 22.8 Å². The third-order valence-corrected chi connectivity index (χ3v) is 1.87. The van der Waals surface area contributed by atoms with Gasteiger partial charge in [0.2, 0.25) is 0 Å². The maximum Gasteiger partial charge on any atom is 0.257 e. The van der Waals surface area contributed by atoms with Crippen molar-refractivity contribution in [2.24, 2.45) is 0 Å². The SMILES string of the molecule is CC(C)(F)C(=O)NCC(O)c1ccco1. The molecule has 0 aliphatic rings. The number of halogens is 1. The van der Waals surface area contributed by atoms with Crippen molar-refractivity contribution in [1.29, 1.82) is 0 Å². The normalized spacial score (nSPS) is 13.6. The molecule has 1 amide bonds. The number of hydrogen-bond acceptors (Lipinski definition) is 3. The van der Waals surface area contributed by atoms with E-state index in [4.69, 9.17) is 4.42 Å². The third-order valence-electron chi connectivity index (χ3n) is 1.87. The minimum Gasteiger partial charge on any atom is -0.467 e. The zero-order chi connectivity index (χ0) is 11.5. The van der Waals surface area contributed by atoms with Gasteiger partial charge < -0.3 is 14.8 Å². The number of carbonyl (C=O) groups is 1. The predicted octanol–water partition coefficient (Wildman–Crippen LogP) is 1.18. The molecule has 0 radical (unpaired) electrons. The van der Waals surface area contributed by atoms with Gasteiger partial charge in [-0.1, -0.05) is 0 Å². The molecular weight excluding hydrogens is 201 g/mol. The fourth-order valence-electron chi connectivity index (χ4n) is 0.981. The Hall–Kier alpha value is -1.36. The van der Waals surface area contributed by atoms with E-state index in [0.29, 0.717) is 5.76 Å². The van der Waals surface area contributed by atoms with Crippen LogP contribution in [0.25, 0.3) is 0 Å². The van der Waals surface area contributed by atoms with Crippen molar-refractivity contribution in [3.8, 4) is 0 Å². The summed E-state index contributed by atoms with van der Waals surface area (Å²) in [6, 6.07) is 3.21. The number of furan rings is 1. The van der Waals surface area contributed by atoms with Gasteiger partial charge >= 0.3 is 0 Å². The summed E-state index contributed by atoms with van der Waals surface area (Å²) in [6.07, 6.45) is 0.464. The number of amides is 1. The summed E-state index contributed by atoms with van der Waals surface area (Å²) in [5, 5.41) is 11.8. The summed E-state index contributed by atoms with van der Waals surface area (Å²) in [6.45, 7) is 2.24. The summed E-state index contributed by atoms with van der Waals surface area (Å²) in [7, 11) is 0. The van der Waals surface area contributed by atoms with E-state index in [1.165, 1.54) is 6.26 Å². The molecule has 5 heteroatoms. The Kier molecular flexibility index (Phi) is 3.47. The van der Waals surface area contributed by atoms with Crippen LogP contribution >= 0.6 is 0 Å². The molecule has 0 aliphatic heterocycles. The third kappa shape index (κ3) is 3.36. The largest absolute Gasteiger partial charge is 0.467 e. The lowest BCUT2D eigenvalue weighted by molar-refractivity contribution is -0.131. The number of nitrogens with one attached hydrogen (secondary N) is 1. The molecule has 1 aromatic heterocycles. The summed E-state index contributed by atoms with van der Waals surface area (Å²) >= 11 is 0. The molecule has 0 fully saturated rings. The molecule has 0 saturated heterocycles. The van der Waals surface area contributed by atoms with E-state index in [-0.39, 0.29) is 6.54 Å². The molecule has 2 N–H and O–H groups in total. The van der Waals surface area contributed by atoms with E-state index < -0.39 is 17.7 Å². The minimum absolute atomic E-state index is 0.0697. The second kappa shape index (κ2) is 4.44. The average Bonchev–Trinajstić information content (AvgIpc) is 2.64. The van der Waals surface area contributed by atoms with Crippen molar-refractivity contribution >= 4 is 5.91 Å². The molecule has 4 nitrogen and oxygen atoms in total. The molecule has 0 bridgehead atoms. The highest BCUT2D eigenvalue weighted by molar-refractivity contribution is 5.84. The van der Waals surface area contributed by atoms with Crippen LogP contribution in [0, 0.1) is 0 Å². The van der Waals surface area contributed by atoms with Gasteiger partial charge in [0, 0.05) is 0 Å². The van der Waals surface area contributed by atoms with Gasteiger partial charge in [0.1, 0.15) is 11.9 Å². The van der Waals surface area contributed by atoms with Gasteiger partial charge in [0.15, 0.2) is 5.67 Å². The zero-order valence-electron chi connectivity index (χ0n) is 8.66. The second-order valence-corrected chi connectivity index (χ2v) is 3.71. The molecular formula is C10H14FNO3. The van der Waals surface area contributed by atoms with E-state index >= 15 is 0 Å². The van der Waals surface area contributed by atoms with E-state index in [1.54, 1.807) is 12.1 Å². The van der Waals surface area contributed by atoms with Gasteiger partial charge in [-0.25, -0.2) is 4.39 Å². The number of aliphatic hydroxyl groups is 1. The number of aliphatic hydroxyl groups excluding tert-OH is 1. The first-order valence-electron chi connectivity index (χ1n) is 4.60. The topological polar surface area (TPSA) is 62.5 Å². The summed E-state index contributed by atoms with van der Waals surface area (Å²) in [4.78, 5) is 11.1. The van der Waals surface area contributed by atoms with Crippen molar-refractivity contribution in [2.45, 2.75) is 25.6 Å². The molecule has 84 valence electrons. The first kappa shape index (κ1) is 11.7.